The highest BCUT2D eigenvalue weighted by Crippen LogP contribution is 2.24. The first-order valence-corrected chi connectivity index (χ1v) is 7.27. The minimum atomic E-state index is -0.0903. The second-order valence-electron chi connectivity index (χ2n) is 5.21. The molecule has 2 N–H and O–H groups in total. The second kappa shape index (κ2) is 7.49. The molecule has 0 saturated carbocycles. The Kier molecular flexibility index (Phi) is 5.41. The Morgan fingerprint density at radius 3 is 2.82 bits per heavy atom. The maximum atomic E-state index is 12.0. The number of hydrogen-bond acceptors (Lipinski definition) is 5. The molecule has 0 unspecified atom stereocenters. The first-order chi connectivity index (χ1) is 10.5. The predicted octanol–water partition coefficient (Wildman–Crippen LogP) is 3.21. The van der Waals surface area contributed by atoms with Gasteiger partial charge in [-0.05, 0) is 32.9 Å². The summed E-state index contributed by atoms with van der Waals surface area (Å²) in [5, 5.41) is 9.70. The van der Waals surface area contributed by atoms with Crippen molar-refractivity contribution in [2.75, 3.05) is 17.2 Å². The summed E-state index contributed by atoms with van der Waals surface area (Å²) in [6.45, 7) is 6.19. The van der Waals surface area contributed by atoms with Crippen molar-refractivity contribution in [2.24, 2.45) is 0 Å². The Labute approximate surface area is 129 Å². The number of ether oxygens (including phenoxy) is 1. The number of carbonyl (C=O) groups excluding carboxylic acids is 1. The minimum absolute atomic E-state index is 0.0510. The number of amides is 1. The normalized spacial score (nSPS) is 10.5. The molecule has 6 heteroatoms. The van der Waals surface area contributed by atoms with E-state index in [1.54, 1.807) is 6.07 Å². The van der Waals surface area contributed by atoms with E-state index < -0.39 is 0 Å². The van der Waals surface area contributed by atoms with Gasteiger partial charge in [0.2, 0.25) is 5.91 Å². The number of para-hydroxylation sites is 2. The zero-order chi connectivity index (χ0) is 15.9. The average molecular weight is 303 g/mol. The molecule has 1 amide bonds. The van der Waals surface area contributed by atoms with E-state index in [1.165, 1.54) is 0 Å². The van der Waals surface area contributed by atoms with Crippen LogP contribution in [-0.4, -0.2) is 23.7 Å². The molecule has 0 spiro atoms. The van der Waals surface area contributed by atoms with Crippen LogP contribution in [0.25, 0.3) is 0 Å². The largest absolute Gasteiger partial charge is 0.489 e. The van der Waals surface area contributed by atoms with Crippen LogP contribution in [0.3, 0.4) is 0 Å². The summed E-state index contributed by atoms with van der Waals surface area (Å²) in [5.41, 5.74) is 0.679. The fourth-order valence-electron chi connectivity index (χ4n) is 1.89. The van der Waals surface area contributed by atoms with Gasteiger partial charge in [0.1, 0.15) is 11.5 Å². The Morgan fingerprint density at radius 1 is 1.36 bits per heavy atom. The third kappa shape index (κ3) is 4.80. The lowest BCUT2D eigenvalue weighted by atomic mass is 10.2. The van der Waals surface area contributed by atoms with Crippen molar-refractivity contribution in [3.05, 3.63) is 36.1 Å². The highest BCUT2D eigenvalue weighted by atomic mass is 16.5. The number of carbonyl (C=O) groups is 1. The third-order valence-corrected chi connectivity index (χ3v) is 2.81. The standard InChI is InChI=1S/C16H21N3O3/c1-11(2)21-14-7-5-4-6-13(14)18-16(20)8-9-17-15-10-12(3)22-19-15/h4-7,10-11H,8-9H2,1-3H3,(H,17,19)(H,18,20). The van der Waals surface area contributed by atoms with Gasteiger partial charge in [-0.25, -0.2) is 0 Å². The van der Waals surface area contributed by atoms with Gasteiger partial charge in [0.25, 0.3) is 0 Å². The minimum Gasteiger partial charge on any atom is -0.489 e. The predicted molar refractivity (Wildman–Crippen MR) is 85.2 cm³/mol. The molecule has 1 aromatic carbocycles. The highest BCUT2D eigenvalue weighted by molar-refractivity contribution is 5.92. The number of anilines is 2. The molecule has 0 fully saturated rings. The highest BCUT2D eigenvalue weighted by Gasteiger charge is 2.09. The van der Waals surface area contributed by atoms with Crippen molar-refractivity contribution >= 4 is 17.4 Å². The summed E-state index contributed by atoms with van der Waals surface area (Å²) >= 11 is 0. The van der Waals surface area contributed by atoms with Crippen molar-refractivity contribution in [1.82, 2.24) is 5.16 Å². The molecule has 0 atom stereocenters. The van der Waals surface area contributed by atoms with E-state index in [0.717, 1.165) is 5.76 Å². The lowest BCUT2D eigenvalue weighted by Crippen LogP contribution is -2.17. The van der Waals surface area contributed by atoms with Gasteiger partial charge in [-0.3, -0.25) is 4.79 Å². The quantitative estimate of drug-likeness (QED) is 0.821. The fraction of sp³-hybridized carbons (Fsp3) is 0.375. The van der Waals surface area contributed by atoms with Crippen molar-refractivity contribution in [3.63, 3.8) is 0 Å². The van der Waals surface area contributed by atoms with Crippen LogP contribution in [-0.2, 0) is 4.79 Å². The Morgan fingerprint density at radius 2 is 2.14 bits per heavy atom. The molecule has 1 aromatic heterocycles. The SMILES string of the molecule is Cc1cc(NCCC(=O)Nc2ccccc2OC(C)C)no1. The topological polar surface area (TPSA) is 76.4 Å². The molecule has 0 radical (unpaired) electrons. The zero-order valence-corrected chi connectivity index (χ0v) is 13.1. The number of aryl methyl sites for hydroxylation is 1. The second-order valence-corrected chi connectivity index (χ2v) is 5.21. The van der Waals surface area contributed by atoms with Crippen LogP contribution in [0.1, 0.15) is 26.0 Å². The van der Waals surface area contributed by atoms with Gasteiger partial charge in [0, 0.05) is 19.0 Å². The molecule has 22 heavy (non-hydrogen) atoms. The third-order valence-electron chi connectivity index (χ3n) is 2.81. The van der Waals surface area contributed by atoms with Crippen LogP contribution in [0.4, 0.5) is 11.5 Å². The van der Waals surface area contributed by atoms with Crippen molar-refractivity contribution < 1.29 is 14.1 Å². The van der Waals surface area contributed by atoms with Gasteiger partial charge in [-0.1, -0.05) is 17.3 Å². The van der Waals surface area contributed by atoms with Crippen molar-refractivity contribution in [3.8, 4) is 5.75 Å². The molecule has 0 bridgehead atoms. The molecular weight excluding hydrogens is 282 g/mol. The summed E-state index contributed by atoms with van der Waals surface area (Å²) < 4.78 is 10.6. The molecule has 2 rings (SSSR count). The maximum absolute atomic E-state index is 12.0. The Bertz CT molecular complexity index is 623. The van der Waals surface area contributed by atoms with Crippen LogP contribution in [0.5, 0.6) is 5.75 Å². The first kappa shape index (κ1) is 15.9. The number of aromatic nitrogens is 1. The van der Waals surface area contributed by atoms with Crippen LogP contribution >= 0.6 is 0 Å². The van der Waals surface area contributed by atoms with E-state index in [0.29, 0.717) is 30.2 Å². The van der Waals surface area contributed by atoms with E-state index in [1.807, 2.05) is 45.0 Å². The summed E-state index contributed by atoms with van der Waals surface area (Å²) in [4.78, 5) is 12.0. The molecule has 0 aliphatic rings. The van der Waals surface area contributed by atoms with Gasteiger partial charge >= 0.3 is 0 Å². The van der Waals surface area contributed by atoms with Crippen molar-refractivity contribution in [2.45, 2.75) is 33.3 Å². The van der Waals surface area contributed by atoms with E-state index in [2.05, 4.69) is 15.8 Å². The van der Waals surface area contributed by atoms with Crippen molar-refractivity contribution in [1.29, 1.82) is 0 Å². The zero-order valence-electron chi connectivity index (χ0n) is 13.1. The molecule has 6 nitrogen and oxygen atoms in total. The smallest absolute Gasteiger partial charge is 0.226 e. The van der Waals surface area contributed by atoms with Crippen LogP contribution in [0, 0.1) is 6.92 Å². The molecule has 0 saturated heterocycles. The van der Waals surface area contributed by atoms with Crippen LogP contribution in [0.15, 0.2) is 34.9 Å². The van der Waals surface area contributed by atoms with Gasteiger partial charge in [0.05, 0.1) is 11.8 Å². The van der Waals surface area contributed by atoms with Gasteiger partial charge in [-0.15, -0.1) is 0 Å². The number of nitrogens with zero attached hydrogens (tertiary/aromatic N) is 1. The molecule has 0 aliphatic carbocycles. The monoisotopic (exact) mass is 303 g/mol. The van der Waals surface area contributed by atoms with Crippen LogP contribution in [0.2, 0.25) is 0 Å². The summed E-state index contributed by atoms with van der Waals surface area (Å²) in [6.07, 6.45) is 0.372. The maximum Gasteiger partial charge on any atom is 0.226 e. The molecule has 2 aromatic rings. The van der Waals surface area contributed by atoms with Gasteiger partial charge in [0.15, 0.2) is 5.82 Å². The van der Waals surface area contributed by atoms with E-state index in [-0.39, 0.29) is 12.0 Å². The van der Waals surface area contributed by atoms with E-state index >= 15 is 0 Å². The first-order valence-electron chi connectivity index (χ1n) is 7.27. The van der Waals surface area contributed by atoms with Gasteiger partial charge < -0.3 is 19.9 Å². The Balaban J connectivity index is 1.84. The summed E-state index contributed by atoms with van der Waals surface area (Å²) in [5.74, 6) is 1.94. The number of benzene rings is 1. The van der Waals surface area contributed by atoms with Gasteiger partial charge in [-0.2, -0.15) is 0 Å². The summed E-state index contributed by atoms with van der Waals surface area (Å²) in [7, 11) is 0. The number of rotatable bonds is 7. The molecule has 0 aliphatic heterocycles. The number of hydrogen-bond donors (Lipinski definition) is 2. The van der Waals surface area contributed by atoms with Crippen LogP contribution < -0.4 is 15.4 Å². The molecule has 1 heterocycles. The lowest BCUT2D eigenvalue weighted by molar-refractivity contribution is -0.116. The number of nitrogens with one attached hydrogen (secondary N) is 2. The average Bonchev–Trinajstić information content (AvgIpc) is 2.86. The Hall–Kier alpha value is -2.50. The molecular formula is C16H21N3O3. The molecule has 118 valence electrons. The fourth-order valence-corrected chi connectivity index (χ4v) is 1.89. The lowest BCUT2D eigenvalue weighted by Gasteiger charge is -2.14. The van der Waals surface area contributed by atoms with E-state index in [9.17, 15) is 4.79 Å². The summed E-state index contributed by atoms with van der Waals surface area (Å²) in [6, 6.07) is 9.18. The van der Waals surface area contributed by atoms with E-state index in [4.69, 9.17) is 9.26 Å².